The second kappa shape index (κ2) is 7.41. The molecule has 8 heteroatoms. The predicted octanol–water partition coefficient (Wildman–Crippen LogP) is 2.00. The molecule has 24 heavy (non-hydrogen) atoms. The quantitative estimate of drug-likeness (QED) is 0.605. The van der Waals surface area contributed by atoms with Gasteiger partial charge in [0, 0.05) is 25.4 Å². The van der Waals surface area contributed by atoms with Gasteiger partial charge >= 0.3 is 0 Å². The molecule has 0 atom stereocenters. The van der Waals surface area contributed by atoms with Gasteiger partial charge in [0.1, 0.15) is 5.69 Å². The van der Waals surface area contributed by atoms with Gasteiger partial charge in [-0.3, -0.25) is 10.1 Å². The highest BCUT2D eigenvalue weighted by atomic mass is 32.2. The van der Waals surface area contributed by atoms with E-state index in [0.717, 1.165) is 17.9 Å². The second-order valence-electron chi connectivity index (χ2n) is 5.31. The molecule has 2 aromatic rings. The minimum absolute atomic E-state index is 0.110. The summed E-state index contributed by atoms with van der Waals surface area (Å²) in [4.78, 5) is 12.3. The first-order valence-corrected chi connectivity index (χ1v) is 9.10. The fraction of sp³-hybridized carbons (Fsp3) is 0.250. The maximum absolute atomic E-state index is 11.6. The molecule has 0 aromatic heterocycles. The number of anilines is 1. The van der Waals surface area contributed by atoms with Crippen molar-refractivity contribution in [2.75, 3.05) is 24.3 Å². The summed E-state index contributed by atoms with van der Waals surface area (Å²) < 4.78 is 23.3. The third-order valence-electron chi connectivity index (χ3n) is 3.50. The Morgan fingerprint density at radius 1 is 1.17 bits per heavy atom. The molecule has 0 unspecified atom stereocenters. The first kappa shape index (κ1) is 17.9. The molecule has 1 N–H and O–H groups in total. The van der Waals surface area contributed by atoms with Crippen LogP contribution in [0.15, 0.2) is 53.4 Å². The van der Waals surface area contributed by atoms with Crippen molar-refractivity contribution in [3.8, 4) is 0 Å². The van der Waals surface area contributed by atoms with Crippen LogP contribution in [0.25, 0.3) is 0 Å². The molecule has 0 fully saturated rings. The van der Waals surface area contributed by atoms with Crippen LogP contribution >= 0.6 is 0 Å². The van der Waals surface area contributed by atoms with Crippen LogP contribution in [0.4, 0.5) is 11.4 Å². The fourth-order valence-corrected chi connectivity index (χ4v) is 3.00. The highest BCUT2D eigenvalue weighted by Gasteiger charge is 2.22. The molecular formula is C16H18N2O5S. The van der Waals surface area contributed by atoms with Crippen LogP contribution < -0.4 is 4.90 Å². The topological polar surface area (TPSA) is 101 Å². The SMILES string of the molecule is CS(=O)(=O)c1ccc(N(CCO)Cc2ccccc2)c([N+](=O)[O-])c1. The number of nitro groups is 1. The standard InChI is InChI=1S/C16H18N2O5S/c1-24(22,23)14-7-8-15(16(11-14)18(20)21)17(9-10-19)12-13-5-3-2-4-6-13/h2-8,11,19H,9-10,12H2,1H3. The van der Waals surface area contributed by atoms with Crippen molar-refractivity contribution in [3.63, 3.8) is 0 Å². The third kappa shape index (κ3) is 4.30. The summed E-state index contributed by atoms with van der Waals surface area (Å²) in [6.07, 6.45) is 1.00. The number of hydrogen-bond donors (Lipinski definition) is 1. The van der Waals surface area contributed by atoms with E-state index in [-0.39, 0.29) is 29.4 Å². The predicted molar refractivity (Wildman–Crippen MR) is 90.8 cm³/mol. The molecule has 0 aliphatic rings. The molecule has 7 nitrogen and oxygen atoms in total. The maximum Gasteiger partial charge on any atom is 0.293 e. The van der Waals surface area contributed by atoms with Gasteiger partial charge in [-0.15, -0.1) is 0 Å². The number of aliphatic hydroxyl groups excluding tert-OH is 1. The lowest BCUT2D eigenvalue weighted by molar-refractivity contribution is -0.384. The van der Waals surface area contributed by atoms with E-state index in [1.807, 2.05) is 30.3 Å². The minimum atomic E-state index is -3.54. The van der Waals surface area contributed by atoms with Crippen molar-refractivity contribution < 1.29 is 18.4 Å². The van der Waals surface area contributed by atoms with Crippen molar-refractivity contribution in [2.45, 2.75) is 11.4 Å². The zero-order valence-electron chi connectivity index (χ0n) is 13.1. The van der Waals surface area contributed by atoms with E-state index in [4.69, 9.17) is 0 Å². The Kier molecular flexibility index (Phi) is 5.53. The van der Waals surface area contributed by atoms with Gasteiger partial charge in [-0.05, 0) is 17.7 Å². The largest absolute Gasteiger partial charge is 0.395 e. The molecule has 0 saturated carbocycles. The van der Waals surface area contributed by atoms with Crippen molar-refractivity contribution >= 4 is 21.2 Å². The molecule has 0 bridgehead atoms. The first-order chi connectivity index (χ1) is 11.3. The average molecular weight is 350 g/mol. The Morgan fingerprint density at radius 2 is 1.83 bits per heavy atom. The van der Waals surface area contributed by atoms with Gasteiger partial charge in [0.2, 0.25) is 0 Å². The molecule has 0 spiro atoms. The molecule has 0 aliphatic carbocycles. The van der Waals surface area contributed by atoms with Crippen molar-refractivity contribution in [1.29, 1.82) is 0 Å². The van der Waals surface area contributed by atoms with Crippen molar-refractivity contribution in [1.82, 2.24) is 0 Å². The number of hydrogen-bond acceptors (Lipinski definition) is 6. The lowest BCUT2D eigenvalue weighted by Crippen LogP contribution is -2.27. The van der Waals surface area contributed by atoms with Crippen LogP contribution in [0.2, 0.25) is 0 Å². The summed E-state index contributed by atoms with van der Waals surface area (Å²) in [6, 6.07) is 13.1. The Bertz CT molecular complexity index is 822. The molecule has 2 rings (SSSR count). The third-order valence-corrected chi connectivity index (χ3v) is 4.61. The van der Waals surface area contributed by atoms with E-state index in [1.54, 1.807) is 4.90 Å². The minimum Gasteiger partial charge on any atom is -0.395 e. The molecule has 128 valence electrons. The fourth-order valence-electron chi connectivity index (χ4n) is 2.36. The number of aliphatic hydroxyl groups is 1. The van der Waals surface area contributed by atoms with E-state index in [1.165, 1.54) is 12.1 Å². The Labute approximate surface area is 140 Å². The van der Waals surface area contributed by atoms with Gasteiger partial charge in [0.25, 0.3) is 5.69 Å². The summed E-state index contributed by atoms with van der Waals surface area (Å²) in [6.45, 7) is 0.367. The lowest BCUT2D eigenvalue weighted by Gasteiger charge is -2.24. The summed E-state index contributed by atoms with van der Waals surface area (Å²) in [5.74, 6) is 0. The zero-order valence-corrected chi connectivity index (χ0v) is 13.9. The lowest BCUT2D eigenvalue weighted by atomic mass is 10.2. The molecule has 0 heterocycles. The van der Waals surface area contributed by atoms with E-state index < -0.39 is 14.8 Å². The molecule has 0 radical (unpaired) electrons. The summed E-state index contributed by atoms with van der Waals surface area (Å²) in [7, 11) is -3.54. The Hall–Kier alpha value is -2.45. The van der Waals surface area contributed by atoms with Gasteiger partial charge in [-0.25, -0.2) is 8.42 Å². The molecule has 0 amide bonds. The Balaban J connectivity index is 2.47. The number of rotatable bonds is 7. The van der Waals surface area contributed by atoms with Crippen LogP contribution in [-0.2, 0) is 16.4 Å². The Morgan fingerprint density at radius 3 is 2.38 bits per heavy atom. The van der Waals surface area contributed by atoms with Gasteiger partial charge < -0.3 is 10.0 Å². The normalized spacial score (nSPS) is 11.2. The smallest absolute Gasteiger partial charge is 0.293 e. The van der Waals surface area contributed by atoms with Gasteiger partial charge in [0.15, 0.2) is 9.84 Å². The van der Waals surface area contributed by atoms with Gasteiger partial charge in [-0.2, -0.15) is 0 Å². The average Bonchev–Trinajstić information content (AvgIpc) is 2.54. The maximum atomic E-state index is 11.6. The molecule has 0 saturated heterocycles. The van der Waals surface area contributed by atoms with E-state index >= 15 is 0 Å². The van der Waals surface area contributed by atoms with Crippen LogP contribution in [0.1, 0.15) is 5.56 Å². The van der Waals surface area contributed by atoms with E-state index in [2.05, 4.69) is 0 Å². The molecular weight excluding hydrogens is 332 g/mol. The van der Waals surface area contributed by atoms with Gasteiger partial charge in [-0.1, -0.05) is 30.3 Å². The van der Waals surface area contributed by atoms with Crippen LogP contribution in [0.5, 0.6) is 0 Å². The van der Waals surface area contributed by atoms with E-state index in [9.17, 15) is 23.6 Å². The van der Waals surface area contributed by atoms with Crippen LogP contribution in [0, 0.1) is 10.1 Å². The number of nitro benzene ring substituents is 1. The summed E-state index contributed by atoms with van der Waals surface area (Å²) in [5.41, 5.74) is 0.889. The number of benzene rings is 2. The summed E-state index contributed by atoms with van der Waals surface area (Å²) in [5, 5.41) is 20.7. The highest BCUT2D eigenvalue weighted by molar-refractivity contribution is 7.90. The second-order valence-corrected chi connectivity index (χ2v) is 7.33. The molecule has 0 aliphatic heterocycles. The number of nitrogens with zero attached hydrogens (tertiary/aromatic N) is 2. The van der Waals surface area contributed by atoms with E-state index in [0.29, 0.717) is 6.54 Å². The van der Waals surface area contributed by atoms with Crippen LogP contribution in [-0.4, -0.2) is 37.9 Å². The summed E-state index contributed by atoms with van der Waals surface area (Å²) >= 11 is 0. The monoisotopic (exact) mass is 350 g/mol. The van der Waals surface area contributed by atoms with Crippen LogP contribution in [0.3, 0.4) is 0 Å². The first-order valence-electron chi connectivity index (χ1n) is 7.21. The van der Waals surface area contributed by atoms with Crippen molar-refractivity contribution in [3.05, 3.63) is 64.2 Å². The molecule has 2 aromatic carbocycles. The highest BCUT2D eigenvalue weighted by Crippen LogP contribution is 2.31. The number of sulfone groups is 1. The zero-order chi connectivity index (χ0) is 17.7. The van der Waals surface area contributed by atoms with Crippen molar-refractivity contribution in [2.24, 2.45) is 0 Å². The van der Waals surface area contributed by atoms with Gasteiger partial charge in [0.05, 0.1) is 16.4 Å².